The maximum atomic E-state index is 12.9. The quantitative estimate of drug-likeness (QED) is 0.0261. The van der Waals surface area contributed by atoms with Crippen LogP contribution in [0.2, 0.25) is 0 Å². The second-order valence-corrected chi connectivity index (χ2v) is 22.7. The summed E-state index contributed by atoms with van der Waals surface area (Å²) in [7, 11) is 0. The van der Waals surface area contributed by atoms with Crippen molar-refractivity contribution in [2.75, 3.05) is 13.2 Å². The summed E-state index contributed by atoms with van der Waals surface area (Å²) < 4.78 is 17.0. The number of carbonyl (C=O) groups is 3. The molecule has 6 heteroatoms. The largest absolute Gasteiger partial charge is 0.462 e. The van der Waals surface area contributed by atoms with Gasteiger partial charge in [0.05, 0.1) is 0 Å². The minimum absolute atomic E-state index is 0.0853. The van der Waals surface area contributed by atoms with Crippen LogP contribution in [0.3, 0.4) is 0 Å². The molecule has 0 radical (unpaired) electrons. The SMILES string of the molecule is CC/C=C\C/C=C\C/C=C\C/C=C\C/C=C\C/C=C\CCCCCCC(=O)OC(COC(=O)CCCCCCCCCCCCCCCC)COC(=O)CCCCCCCCCCCCCCC/C=C\C/C=C\CCCCCCC. The molecule has 0 aromatic heterocycles. The van der Waals surface area contributed by atoms with Crippen LogP contribution < -0.4 is 0 Å². The number of esters is 3. The number of ether oxygens (including phenoxy) is 3. The van der Waals surface area contributed by atoms with Crippen molar-refractivity contribution in [3.8, 4) is 0 Å². The minimum atomic E-state index is -0.792. The number of carbonyl (C=O) groups excluding carboxylic acids is 3. The number of unbranched alkanes of at least 4 members (excludes halogenated alkanes) is 35. The number of allylic oxidation sites excluding steroid dienone is 16. The predicted octanol–water partition coefficient (Wildman–Crippen LogP) is 23.6. The molecule has 0 bridgehead atoms. The lowest BCUT2D eigenvalue weighted by Gasteiger charge is -2.18. The maximum absolute atomic E-state index is 12.9. The van der Waals surface area contributed by atoms with E-state index in [-0.39, 0.29) is 31.1 Å². The Morgan fingerprint density at radius 1 is 0.263 bits per heavy atom. The van der Waals surface area contributed by atoms with Gasteiger partial charge in [-0.25, -0.2) is 0 Å². The van der Waals surface area contributed by atoms with Gasteiger partial charge in [0.15, 0.2) is 6.10 Å². The average Bonchev–Trinajstić information content (AvgIpc) is 3.46. The lowest BCUT2D eigenvalue weighted by atomic mass is 10.0. The van der Waals surface area contributed by atoms with Crippen LogP contribution in [-0.4, -0.2) is 37.2 Å². The Morgan fingerprint density at radius 2 is 0.487 bits per heavy atom. The van der Waals surface area contributed by atoms with Crippen LogP contribution in [-0.2, 0) is 28.6 Å². The van der Waals surface area contributed by atoms with Gasteiger partial charge in [0.25, 0.3) is 0 Å². The molecular weight excluding hydrogens is 985 g/mol. The second-order valence-electron chi connectivity index (χ2n) is 22.7. The molecule has 0 aromatic carbocycles. The molecule has 0 fully saturated rings. The van der Waals surface area contributed by atoms with Gasteiger partial charge >= 0.3 is 17.9 Å². The average molecular weight is 1110 g/mol. The monoisotopic (exact) mass is 1110 g/mol. The molecule has 0 aliphatic rings. The molecule has 0 spiro atoms. The van der Waals surface area contributed by atoms with Crippen LogP contribution in [0.1, 0.15) is 335 Å². The van der Waals surface area contributed by atoms with E-state index in [1.54, 1.807) is 0 Å². The Morgan fingerprint density at radius 3 is 0.762 bits per heavy atom. The van der Waals surface area contributed by atoms with E-state index in [0.717, 1.165) is 116 Å². The van der Waals surface area contributed by atoms with Crippen molar-refractivity contribution in [3.63, 3.8) is 0 Å². The highest BCUT2D eigenvalue weighted by atomic mass is 16.6. The van der Waals surface area contributed by atoms with E-state index in [1.165, 1.54) is 180 Å². The normalized spacial score (nSPS) is 12.7. The van der Waals surface area contributed by atoms with Crippen molar-refractivity contribution in [3.05, 3.63) is 97.2 Å². The van der Waals surface area contributed by atoms with Crippen LogP contribution in [0.15, 0.2) is 97.2 Å². The first-order valence-electron chi connectivity index (χ1n) is 34.2. The van der Waals surface area contributed by atoms with E-state index < -0.39 is 6.10 Å². The van der Waals surface area contributed by atoms with Crippen molar-refractivity contribution >= 4 is 17.9 Å². The molecule has 0 saturated heterocycles. The van der Waals surface area contributed by atoms with Gasteiger partial charge in [-0.15, -0.1) is 0 Å². The highest BCUT2D eigenvalue weighted by Gasteiger charge is 2.19. The Bertz CT molecular complexity index is 1560. The third kappa shape index (κ3) is 65.1. The van der Waals surface area contributed by atoms with Crippen molar-refractivity contribution in [2.24, 2.45) is 0 Å². The first kappa shape index (κ1) is 76.3. The summed E-state index contributed by atoms with van der Waals surface area (Å²) in [6.45, 7) is 6.53. The van der Waals surface area contributed by atoms with Gasteiger partial charge in [0, 0.05) is 19.3 Å². The summed E-state index contributed by atoms with van der Waals surface area (Å²) in [5, 5.41) is 0. The van der Waals surface area contributed by atoms with Gasteiger partial charge < -0.3 is 14.2 Å². The predicted molar refractivity (Wildman–Crippen MR) is 348 cm³/mol. The maximum Gasteiger partial charge on any atom is 0.306 e. The second kappa shape index (κ2) is 67.8. The van der Waals surface area contributed by atoms with Crippen LogP contribution >= 0.6 is 0 Å². The fourth-order valence-electron chi connectivity index (χ4n) is 9.71. The molecule has 0 aliphatic heterocycles. The number of hydrogen-bond donors (Lipinski definition) is 0. The third-order valence-corrected chi connectivity index (χ3v) is 14.8. The fraction of sp³-hybridized carbons (Fsp3) is 0.743. The molecule has 460 valence electrons. The molecule has 1 atom stereocenters. The Labute approximate surface area is 496 Å². The van der Waals surface area contributed by atoms with E-state index in [4.69, 9.17) is 14.2 Å². The lowest BCUT2D eigenvalue weighted by Crippen LogP contribution is -2.30. The Kier molecular flexibility index (Phi) is 64.7. The molecule has 80 heavy (non-hydrogen) atoms. The fourth-order valence-corrected chi connectivity index (χ4v) is 9.71. The van der Waals surface area contributed by atoms with Crippen molar-refractivity contribution < 1.29 is 28.6 Å². The summed E-state index contributed by atoms with van der Waals surface area (Å²) in [5.74, 6) is -0.896. The van der Waals surface area contributed by atoms with Gasteiger partial charge in [-0.05, 0) is 103 Å². The summed E-state index contributed by atoms with van der Waals surface area (Å²) in [6, 6.07) is 0. The Hall–Kier alpha value is -3.67. The highest BCUT2D eigenvalue weighted by molar-refractivity contribution is 5.71. The number of hydrogen-bond acceptors (Lipinski definition) is 6. The van der Waals surface area contributed by atoms with Crippen molar-refractivity contribution in [1.29, 1.82) is 0 Å². The smallest absolute Gasteiger partial charge is 0.306 e. The van der Waals surface area contributed by atoms with Gasteiger partial charge in [0.2, 0.25) is 0 Å². The molecule has 0 amide bonds. The topological polar surface area (TPSA) is 78.9 Å². The first-order valence-corrected chi connectivity index (χ1v) is 34.2. The molecule has 0 aromatic rings. The van der Waals surface area contributed by atoms with E-state index in [0.29, 0.717) is 19.3 Å². The summed E-state index contributed by atoms with van der Waals surface area (Å²) in [6.07, 6.45) is 91.3. The summed E-state index contributed by atoms with van der Waals surface area (Å²) >= 11 is 0. The van der Waals surface area contributed by atoms with E-state index in [1.807, 2.05) is 0 Å². The van der Waals surface area contributed by atoms with Crippen molar-refractivity contribution in [2.45, 2.75) is 341 Å². The van der Waals surface area contributed by atoms with E-state index in [2.05, 4.69) is 118 Å². The zero-order valence-corrected chi connectivity index (χ0v) is 52.8. The van der Waals surface area contributed by atoms with E-state index in [9.17, 15) is 14.4 Å². The number of rotatable bonds is 62. The molecule has 0 aliphatic carbocycles. The molecule has 1 unspecified atom stereocenters. The molecule has 0 N–H and O–H groups in total. The van der Waals surface area contributed by atoms with Gasteiger partial charge in [0.1, 0.15) is 13.2 Å². The molecule has 6 nitrogen and oxygen atoms in total. The highest BCUT2D eigenvalue weighted by Crippen LogP contribution is 2.17. The summed E-state index contributed by atoms with van der Waals surface area (Å²) in [5.41, 5.74) is 0. The van der Waals surface area contributed by atoms with Gasteiger partial charge in [-0.2, -0.15) is 0 Å². The minimum Gasteiger partial charge on any atom is -0.462 e. The van der Waals surface area contributed by atoms with Crippen LogP contribution in [0, 0.1) is 0 Å². The Balaban J connectivity index is 4.36. The van der Waals surface area contributed by atoms with Crippen LogP contribution in [0.5, 0.6) is 0 Å². The van der Waals surface area contributed by atoms with Gasteiger partial charge in [-0.3, -0.25) is 14.4 Å². The molecular formula is C74H128O6. The standard InChI is InChI=1S/C74H128O6/c1-4-7-10-13-16-19-22-25-28-30-32-34-36-37-39-40-42-44-46-49-52-55-58-61-64-67-73(76)79-70-71(69-78-72(75)66-63-60-57-54-51-48-27-24-21-18-15-12-9-6-3)80-74(77)68-65-62-59-56-53-50-47-45-43-41-38-35-33-31-29-26-23-20-17-14-11-8-5-2/h8,11,17,20,22,25-26,29-30,32-33,35,41,43,47,50,71H,4-7,9-10,12-16,18-19,21,23-24,27-28,31,34,36-40,42,44-46,48-49,51-70H2,1-3H3/b11-8-,20-17-,25-22-,29-26-,32-30-,35-33-,43-41-,50-47-. The molecule has 0 heterocycles. The zero-order chi connectivity index (χ0) is 57.8. The lowest BCUT2D eigenvalue weighted by molar-refractivity contribution is -0.167. The van der Waals surface area contributed by atoms with Gasteiger partial charge in [-0.1, -0.05) is 311 Å². The van der Waals surface area contributed by atoms with E-state index >= 15 is 0 Å². The zero-order valence-electron chi connectivity index (χ0n) is 52.8. The molecule has 0 saturated carbocycles. The third-order valence-electron chi connectivity index (χ3n) is 14.8. The first-order chi connectivity index (χ1) is 39.5. The van der Waals surface area contributed by atoms with Crippen molar-refractivity contribution in [1.82, 2.24) is 0 Å². The summed E-state index contributed by atoms with van der Waals surface area (Å²) in [4.78, 5) is 38.4. The van der Waals surface area contributed by atoms with Crippen LogP contribution in [0.25, 0.3) is 0 Å². The van der Waals surface area contributed by atoms with Crippen LogP contribution in [0.4, 0.5) is 0 Å². The molecule has 0 rings (SSSR count).